The number of carbonyl (C=O) groups is 1. The number of nitrogens with zero attached hydrogens (tertiary/aromatic N) is 1. The minimum absolute atomic E-state index is 0.000104. The van der Waals surface area contributed by atoms with Crippen molar-refractivity contribution in [1.82, 2.24) is 4.31 Å². The lowest BCUT2D eigenvalue weighted by Crippen LogP contribution is -2.35. The number of carboxylic acid groups (broad SMARTS) is 1. The van der Waals surface area contributed by atoms with Crippen LogP contribution in [0.3, 0.4) is 0 Å². The minimum atomic E-state index is -3.66. The number of piperidine rings is 1. The molecule has 2 aromatic carbocycles. The van der Waals surface area contributed by atoms with Crippen LogP contribution >= 0.6 is 23.4 Å². The number of hydrogen-bond donors (Lipinski definition) is 1. The number of carboxylic acids is 1. The van der Waals surface area contributed by atoms with Crippen molar-refractivity contribution in [3.8, 4) is 0 Å². The van der Waals surface area contributed by atoms with E-state index in [1.165, 1.54) is 28.2 Å². The summed E-state index contributed by atoms with van der Waals surface area (Å²) in [6, 6.07) is 11.7. The fourth-order valence-electron chi connectivity index (χ4n) is 3.00. The molecule has 1 saturated heterocycles. The molecule has 1 aliphatic heterocycles. The van der Waals surface area contributed by atoms with E-state index >= 15 is 0 Å². The topological polar surface area (TPSA) is 74.7 Å². The molecule has 8 heteroatoms. The normalized spacial score (nSPS) is 15.6. The van der Waals surface area contributed by atoms with Crippen molar-refractivity contribution in [2.24, 2.45) is 0 Å². The number of thioether (sulfide) groups is 1. The standard InChI is InChI=1S/C19H20ClNO4S2/c20-15-6-4-5-14(11-15)13-26-18-8-7-16(12-17(18)19(22)23)27(24,25)21-9-2-1-3-10-21/h4-8,11-12H,1-3,9-10,13H2,(H,22,23). The number of sulfonamides is 1. The molecule has 1 heterocycles. The van der Waals surface area contributed by atoms with Crippen LogP contribution < -0.4 is 0 Å². The van der Waals surface area contributed by atoms with Crippen LogP contribution in [0.15, 0.2) is 52.3 Å². The number of hydrogen-bond acceptors (Lipinski definition) is 4. The largest absolute Gasteiger partial charge is 0.478 e. The van der Waals surface area contributed by atoms with Gasteiger partial charge in [0.15, 0.2) is 0 Å². The number of aromatic carboxylic acids is 1. The lowest BCUT2D eigenvalue weighted by molar-refractivity contribution is 0.0693. The molecule has 0 atom stereocenters. The van der Waals surface area contributed by atoms with Gasteiger partial charge in [-0.05, 0) is 48.7 Å². The van der Waals surface area contributed by atoms with E-state index in [9.17, 15) is 18.3 Å². The Morgan fingerprint density at radius 3 is 2.52 bits per heavy atom. The van der Waals surface area contributed by atoms with Gasteiger partial charge in [-0.3, -0.25) is 0 Å². The quantitative estimate of drug-likeness (QED) is 0.689. The summed E-state index contributed by atoms with van der Waals surface area (Å²) >= 11 is 7.32. The summed E-state index contributed by atoms with van der Waals surface area (Å²) in [5.74, 6) is -0.599. The Balaban J connectivity index is 1.85. The van der Waals surface area contributed by atoms with Crippen LogP contribution in [0.2, 0.25) is 5.02 Å². The summed E-state index contributed by atoms with van der Waals surface area (Å²) < 4.78 is 27.0. The second-order valence-corrected chi connectivity index (χ2v) is 9.74. The fraction of sp³-hybridized carbons (Fsp3) is 0.316. The van der Waals surface area contributed by atoms with E-state index in [1.54, 1.807) is 12.1 Å². The number of halogens is 1. The fourth-order valence-corrected chi connectivity index (χ4v) is 5.73. The molecule has 0 amide bonds. The van der Waals surface area contributed by atoms with Crippen LogP contribution in [0.5, 0.6) is 0 Å². The summed E-state index contributed by atoms with van der Waals surface area (Å²) in [6.07, 6.45) is 2.68. The molecule has 0 saturated carbocycles. The zero-order valence-electron chi connectivity index (χ0n) is 14.6. The van der Waals surface area contributed by atoms with Crippen LogP contribution in [0.4, 0.5) is 0 Å². The van der Waals surface area contributed by atoms with Crippen LogP contribution in [0.25, 0.3) is 0 Å². The SMILES string of the molecule is O=C(O)c1cc(S(=O)(=O)N2CCCCC2)ccc1SCc1cccc(Cl)c1. The highest BCUT2D eigenvalue weighted by molar-refractivity contribution is 7.98. The van der Waals surface area contributed by atoms with Crippen LogP contribution in [0, 0.1) is 0 Å². The van der Waals surface area contributed by atoms with Gasteiger partial charge < -0.3 is 5.11 Å². The zero-order chi connectivity index (χ0) is 19.4. The molecule has 2 aromatic rings. The molecule has 1 aliphatic rings. The molecule has 5 nitrogen and oxygen atoms in total. The van der Waals surface area contributed by atoms with Gasteiger partial charge in [0, 0.05) is 28.8 Å². The van der Waals surface area contributed by atoms with Gasteiger partial charge in [0.05, 0.1) is 10.5 Å². The predicted molar refractivity (Wildman–Crippen MR) is 107 cm³/mol. The van der Waals surface area contributed by atoms with Crippen LogP contribution in [-0.2, 0) is 15.8 Å². The summed E-state index contributed by atoms with van der Waals surface area (Å²) in [7, 11) is -3.66. The molecule has 144 valence electrons. The summed E-state index contributed by atoms with van der Waals surface area (Å²) in [4.78, 5) is 12.3. The maximum atomic E-state index is 12.8. The molecule has 0 unspecified atom stereocenters. The average molecular weight is 426 g/mol. The Hall–Kier alpha value is -1.54. The lowest BCUT2D eigenvalue weighted by Gasteiger charge is -2.26. The van der Waals surface area contributed by atoms with E-state index in [0.717, 1.165) is 24.8 Å². The van der Waals surface area contributed by atoms with E-state index in [0.29, 0.717) is 28.8 Å². The van der Waals surface area contributed by atoms with Gasteiger partial charge >= 0.3 is 5.97 Å². The average Bonchev–Trinajstić information content (AvgIpc) is 2.67. The third-order valence-electron chi connectivity index (χ3n) is 4.42. The highest BCUT2D eigenvalue weighted by Crippen LogP contribution is 2.30. The van der Waals surface area contributed by atoms with Gasteiger partial charge in [-0.15, -0.1) is 11.8 Å². The van der Waals surface area contributed by atoms with Gasteiger partial charge in [0.2, 0.25) is 10.0 Å². The maximum Gasteiger partial charge on any atom is 0.336 e. The van der Waals surface area contributed by atoms with Gasteiger partial charge in [-0.25, -0.2) is 13.2 Å². The molecule has 1 fully saturated rings. The number of rotatable bonds is 6. The van der Waals surface area contributed by atoms with Crippen molar-refractivity contribution < 1.29 is 18.3 Å². The molecule has 0 aromatic heterocycles. The molecular formula is C19H20ClNO4S2. The third kappa shape index (κ3) is 4.85. The molecule has 27 heavy (non-hydrogen) atoms. The first-order valence-electron chi connectivity index (χ1n) is 8.62. The van der Waals surface area contributed by atoms with E-state index in [-0.39, 0.29) is 10.5 Å². The summed E-state index contributed by atoms with van der Waals surface area (Å²) in [6.45, 7) is 0.964. The summed E-state index contributed by atoms with van der Waals surface area (Å²) in [5.41, 5.74) is 0.967. The molecule has 0 bridgehead atoms. The predicted octanol–water partition coefficient (Wildman–Crippen LogP) is 4.51. The molecule has 3 rings (SSSR count). The van der Waals surface area contributed by atoms with Gasteiger partial charge in [0.1, 0.15) is 0 Å². The first-order valence-corrected chi connectivity index (χ1v) is 11.4. The van der Waals surface area contributed by atoms with E-state index in [2.05, 4.69) is 0 Å². The van der Waals surface area contributed by atoms with Gasteiger partial charge in [-0.2, -0.15) is 4.31 Å². The smallest absolute Gasteiger partial charge is 0.336 e. The minimum Gasteiger partial charge on any atom is -0.478 e. The van der Waals surface area contributed by atoms with Crippen molar-refractivity contribution in [1.29, 1.82) is 0 Å². The molecule has 0 spiro atoms. The Bertz CT molecular complexity index is 940. The van der Waals surface area contributed by atoms with Crippen molar-refractivity contribution >= 4 is 39.4 Å². The molecule has 0 aliphatic carbocycles. The van der Waals surface area contributed by atoms with Crippen molar-refractivity contribution in [3.63, 3.8) is 0 Å². The first kappa shape index (κ1) is 20.2. The second-order valence-electron chi connectivity index (χ2n) is 6.35. The van der Waals surface area contributed by atoms with Gasteiger partial charge in [0.25, 0.3) is 0 Å². The monoisotopic (exact) mass is 425 g/mol. The second kappa shape index (κ2) is 8.65. The van der Waals surface area contributed by atoms with E-state index in [1.807, 2.05) is 18.2 Å². The highest BCUT2D eigenvalue weighted by Gasteiger charge is 2.27. The first-order chi connectivity index (χ1) is 12.9. The van der Waals surface area contributed by atoms with Crippen LogP contribution in [0.1, 0.15) is 35.2 Å². The Labute approximate surface area is 168 Å². The van der Waals surface area contributed by atoms with E-state index < -0.39 is 16.0 Å². The van der Waals surface area contributed by atoms with Gasteiger partial charge in [-0.1, -0.05) is 30.2 Å². The van der Waals surface area contributed by atoms with Crippen molar-refractivity contribution in [2.75, 3.05) is 13.1 Å². The Morgan fingerprint density at radius 2 is 1.85 bits per heavy atom. The van der Waals surface area contributed by atoms with Crippen molar-refractivity contribution in [3.05, 3.63) is 58.6 Å². The highest BCUT2D eigenvalue weighted by atomic mass is 35.5. The zero-order valence-corrected chi connectivity index (χ0v) is 17.0. The molecule has 0 radical (unpaired) electrons. The molecular weight excluding hydrogens is 406 g/mol. The Kier molecular flexibility index (Phi) is 6.47. The molecule has 1 N–H and O–H groups in total. The summed E-state index contributed by atoms with van der Waals surface area (Å²) in [5, 5.41) is 10.2. The lowest BCUT2D eigenvalue weighted by atomic mass is 10.2. The third-order valence-corrected chi connectivity index (χ3v) is 7.69. The van der Waals surface area contributed by atoms with Crippen molar-refractivity contribution in [2.45, 2.75) is 34.8 Å². The Morgan fingerprint density at radius 1 is 1.11 bits per heavy atom. The van der Waals surface area contributed by atoms with E-state index in [4.69, 9.17) is 11.6 Å². The maximum absolute atomic E-state index is 12.8. The number of benzene rings is 2. The van der Waals surface area contributed by atoms with Crippen LogP contribution in [-0.4, -0.2) is 36.9 Å².